The number of hydrazone groups is 1. The van der Waals surface area contributed by atoms with Gasteiger partial charge in [-0.05, 0) is 35.4 Å². The van der Waals surface area contributed by atoms with Crippen molar-refractivity contribution in [3.63, 3.8) is 0 Å². The molecule has 20 heavy (non-hydrogen) atoms. The van der Waals surface area contributed by atoms with E-state index in [9.17, 15) is 4.79 Å². The molecule has 1 amide bonds. The molecule has 0 bridgehead atoms. The number of nitrogens with zero attached hydrogens (tertiary/aromatic N) is 1. The van der Waals surface area contributed by atoms with Crippen LogP contribution in [0.3, 0.4) is 0 Å². The fourth-order valence-corrected chi connectivity index (χ4v) is 2.14. The molecule has 0 aliphatic rings. The van der Waals surface area contributed by atoms with E-state index in [1.54, 1.807) is 18.3 Å². The second-order valence-electron chi connectivity index (χ2n) is 4.15. The summed E-state index contributed by atoms with van der Waals surface area (Å²) in [5.74, 6) is -0.168. The lowest BCUT2D eigenvalue weighted by Crippen LogP contribution is -2.19. The average Bonchev–Trinajstić information content (AvgIpc) is 2.41. The first kappa shape index (κ1) is 14.8. The van der Waals surface area contributed by atoms with Gasteiger partial charge in [0.1, 0.15) is 0 Å². The molecular formula is C15H12BrClN2O. The molecule has 0 aliphatic heterocycles. The minimum atomic E-state index is -0.168. The van der Waals surface area contributed by atoms with E-state index in [-0.39, 0.29) is 12.3 Å². The maximum atomic E-state index is 11.7. The number of halogens is 2. The third kappa shape index (κ3) is 4.79. The Bertz CT molecular complexity index is 626. The first-order valence-corrected chi connectivity index (χ1v) is 7.12. The van der Waals surface area contributed by atoms with E-state index < -0.39 is 0 Å². The van der Waals surface area contributed by atoms with Gasteiger partial charge in [-0.3, -0.25) is 4.79 Å². The van der Waals surface area contributed by atoms with Crippen LogP contribution in [-0.4, -0.2) is 12.1 Å². The lowest BCUT2D eigenvalue weighted by molar-refractivity contribution is -0.120. The summed E-state index contributed by atoms with van der Waals surface area (Å²) in [5, 5.41) is 4.58. The fraction of sp³-hybridized carbons (Fsp3) is 0.0667. The summed E-state index contributed by atoms with van der Waals surface area (Å²) in [7, 11) is 0. The van der Waals surface area contributed by atoms with Gasteiger partial charge in [-0.2, -0.15) is 5.10 Å². The van der Waals surface area contributed by atoms with Crippen molar-refractivity contribution < 1.29 is 4.79 Å². The van der Waals surface area contributed by atoms with Crippen LogP contribution in [0.15, 0.2) is 58.1 Å². The standard InChI is InChI=1S/C15H12BrClN2O/c16-13-3-1-2-12(8-13)10-18-19-15(20)9-11-4-6-14(17)7-5-11/h1-8,10H,9H2,(H,19,20)/b18-10+. The number of carbonyl (C=O) groups excluding carboxylic acids is 1. The van der Waals surface area contributed by atoms with Crippen molar-refractivity contribution in [3.05, 3.63) is 69.2 Å². The highest BCUT2D eigenvalue weighted by atomic mass is 79.9. The minimum Gasteiger partial charge on any atom is -0.273 e. The van der Waals surface area contributed by atoms with Crippen molar-refractivity contribution in [1.29, 1.82) is 0 Å². The zero-order valence-electron chi connectivity index (χ0n) is 10.5. The molecule has 0 aliphatic carbocycles. The molecule has 0 fully saturated rings. The summed E-state index contributed by atoms with van der Waals surface area (Å²) in [6, 6.07) is 14.8. The summed E-state index contributed by atoms with van der Waals surface area (Å²) in [6.45, 7) is 0. The summed E-state index contributed by atoms with van der Waals surface area (Å²) < 4.78 is 0.967. The molecule has 0 aromatic heterocycles. The van der Waals surface area contributed by atoms with Crippen LogP contribution in [0.4, 0.5) is 0 Å². The van der Waals surface area contributed by atoms with Crippen molar-refractivity contribution in [2.24, 2.45) is 5.10 Å². The van der Waals surface area contributed by atoms with Crippen LogP contribution in [0, 0.1) is 0 Å². The van der Waals surface area contributed by atoms with Crippen LogP contribution in [0.1, 0.15) is 11.1 Å². The predicted octanol–water partition coefficient (Wildman–Crippen LogP) is 3.80. The molecule has 0 heterocycles. The van der Waals surface area contributed by atoms with E-state index in [0.717, 1.165) is 15.6 Å². The van der Waals surface area contributed by atoms with Crippen LogP contribution in [0.2, 0.25) is 5.02 Å². The van der Waals surface area contributed by atoms with Gasteiger partial charge in [0.2, 0.25) is 5.91 Å². The Balaban J connectivity index is 1.87. The van der Waals surface area contributed by atoms with E-state index in [0.29, 0.717) is 5.02 Å². The molecule has 0 unspecified atom stereocenters. The van der Waals surface area contributed by atoms with Crippen molar-refractivity contribution in [2.75, 3.05) is 0 Å². The number of benzene rings is 2. The molecule has 1 N–H and O–H groups in total. The summed E-state index contributed by atoms with van der Waals surface area (Å²) in [5.41, 5.74) is 4.30. The van der Waals surface area contributed by atoms with E-state index in [1.807, 2.05) is 36.4 Å². The van der Waals surface area contributed by atoms with Crippen molar-refractivity contribution in [1.82, 2.24) is 5.43 Å². The molecule has 2 aromatic rings. The van der Waals surface area contributed by atoms with Crippen LogP contribution < -0.4 is 5.43 Å². The first-order valence-electron chi connectivity index (χ1n) is 5.95. The smallest absolute Gasteiger partial charge is 0.244 e. The van der Waals surface area contributed by atoms with Gasteiger partial charge in [-0.25, -0.2) is 5.43 Å². The Hall–Kier alpha value is -1.65. The van der Waals surface area contributed by atoms with Gasteiger partial charge in [0.05, 0.1) is 12.6 Å². The number of carbonyl (C=O) groups is 1. The molecule has 0 spiro atoms. The average molecular weight is 352 g/mol. The predicted molar refractivity (Wildman–Crippen MR) is 85.0 cm³/mol. The Kier molecular flexibility index (Phi) is 5.32. The van der Waals surface area contributed by atoms with E-state index in [1.165, 1.54) is 0 Å². The molecule has 2 rings (SSSR count). The van der Waals surface area contributed by atoms with E-state index in [2.05, 4.69) is 26.5 Å². The zero-order valence-corrected chi connectivity index (χ0v) is 12.9. The third-order valence-corrected chi connectivity index (χ3v) is 3.27. The van der Waals surface area contributed by atoms with Gasteiger partial charge in [0, 0.05) is 9.50 Å². The van der Waals surface area contributed by atoms with Gasteiger partial charge in [-0.1, -0.05) is 51.8 Å². The Morgan fingerprint density at radius 2 is 2.00 bits per heavy atom. The van der Waals surface area contributed by atoms with Crippen molar-refractivity contribution in [2.45, 2.75) is 6.42 Å². The molecule has 0 saturated carbocycles. The molecule has 0 saturated heterocycles. The van der Waals surface area contributed by atoms with Crippen molar-refractivity contribution in [3.8, 4) is 0 Å². The Morgan fingerprint density at radius 1 is 1.25 bits per heavy atom. The molecule has 102 valence electrons. The van der Waals surface area contributed by atoms with Gasteiger partial charge >= 0.3 is 0 Å². The summed E-state index contributed by atoms with van der Waals surface area (Å²) >= 11 is 9.16. The van der Waals surface area contributed by atoms with Crippen LogP contribution >= 0.6 is 27.5 Å². The highest BCUT2D eigenvalue weighted by Gasteiger charge is 2.01. The quantitative estimate of drug-likeness (QED) is 0.661. The highest BCUT2D eigenvalue weighted by Crippen LogP contribution is 2.10. The normalized spacial score (nSPS) is 10.7. The number of rotatable bonds is 4. The molecule has 2 aromatic carbocycles. The van der Waals surface area contributed by atoms with E-state index in [4.69, 9.17) is 11.6 Å². The lowest BCUT2D eigenvalue weighted by atomic mass is 10.1. The first-order chi connectivity index (χ1) is 9.63. The van der Waals surface area contributed by atoms with Crippen molar-refractivity contribution >= 4 is 39.7 Å². The van der Waals surface area contributed by atoms with Gasteiger partial charge < -0.3 is 0 Å². The maximum absolute atomic E-state index is 11.7. The third-order valence-electron chi connectivity index (χ3n) is 2.53. The molecule has 0 atom stereocenters. The lowest BCUT2D eigenvalue weighted by Gasteiger charge is -2.00. The van der Waals surface area contributed by atoms with Crippen LogP contribution in [0.5, 0.6) is 0 Å². The molecule has 3 nitrogen and oxygen atoms in total. The monoisotopic (exact) mass is 350 g/mol. The Morgan fingerprint density at radius 3 is 2.70 bits per heavy atom. The fourth-order valence-electron chi connectivity index (χ4n) is 1.59. The molecular weight excluding hydrogens is 340 g/mol. The van der Waals surface area contributed by atoms with Crippen LogP contribution in [0.25, 0.3) is 0 Å². The van der Waals surface area contributed by atoms with Gasteiger partial charge in [0.15, 0.2) is 0 Å². The number of hydrogen-bond donors (Lipinski definition) is 1. The number of amides is 1. The summed E-state index contributed by atoms with van der Waals surface area (Å²) in [4.78, 5) is 11.7. The minimum absolute atomic E-state index is 0.168. The molecule has 5 heteroatoms. The maximum Gasteiger partial charge on any atom is 0.244 e. The second kappa shape index (κ2) is 7.22. The summed E-state index contributed by atoms with van der Waals surface area (Å²) in [6.07, 6.45) is 1.87. The SMILES string of the molecule is O=C(Cc1ccc(Cl)cc1)N/N=C/c1cccc(Br)c1. The van der Waals surface area contributed by atoms with Gasteiger partial charge in [0.25, 0.3) is 0 Å². The topological polar surface area (TPSA) is 41.5 Å². The zero-order chi connectivity index (χ0) is 14.4. The second-order valence-corrected chi connectivity index (χ2v) is 5.50. The Labute approximate surface area is 130 Å². The molecule has 0 radical (unpaired) electrons. The largest absolute Gasteiger partial charge is 0.273 e. The number of nitrogens with one attached hydrogen (secondary N) is 1. The van der Waals surface area contributed by atoms with Crippen LogP contribution in [-0.2, 0) is 11.2 Å². The van der Waals surface area contributed by atoms with Gasteiger partial charge in [-0.15, -0.1) is 0 Å². The number of hydrogen-bond acceptors (Lipinski definition) is 2. The van der Waals surface area contributed by atoms with E-state index >= 15 is 0 Å². The highest BCUT2D eigenvalue weighted by molar-refractivity contribution is 9.10.